The molecule has 1 aromatic rings. The van der Waals surface area contributed by atoms with Crippen molar-refractivity contribution in [3.8, 4) is 0 Å². The highest BCUT2D eigenvalue weighted by molar-refractivity contribution is 7.89. The second kappa shape index (κ2) is 4.55. The Morgan fingerprint density at radius 3 is 2.00 bits per heavy atom. The predicted molar refractivity (Wildman–Crippen MR) is 65.9 cm³/mol. The van der Waals surface area contributed by atoms with Gasteiger partial charge in [-0.1, -0.05) is 19.1 Å². The summed E-state index contributed by atoms with van der Waals surface area (Å²) in [7, 11) is -3.39. The number of hydrogen-bond acceptors (Lipinski definition) is 2. The Morgan fingerprint density at radius 2 is 1.62 bits per heavy atom. The third kappa shape index (κ3) is 3.61. The molecule has 1 N–H and O–H groups in total. The Labute approximate surface area is 97.9 Å². The fraction of sp³-hybridized carbons (Fsp3) is 0.500. The van der Waals surface area contributed by atoms with Gasteiger partial charge in [0.2, 0.25) is 10.0 Å². The quantitative estimate of drug-likeness (QED) is 0.882. The van der Waals surface area contributed by atoms with Crippen LogP contribution in [0.1, 0.15) is 33.3 Å². The van der Waals surface area contributed by atoms with Crippen molar-refractivity contribution >= 4 is 10.0 Å². The Balaban J connectivity index is 2.99. The van der Waals surface area contributed by atoms with Crippen LogP contribution in [0.15, 0.2) is 29.2 Å². The molecular formula is C12H19NO2S. The molecule has 16 heavy (non-hydrogen) atoms. The molecule has 0 spiro atoms. The lowest BCUT2D eigenvalue weighted by atomic mass is 10.1. The fourth-order valence-electron chi connectivity index (χ4n) is 1.37. The lowest BCUT2D eigenvalue weighted by Crippen LogP contribution is -2.40. The van der Waals surface area contributed by atoms with Crippen molar-refractivity contribution in [3.63, 3.8) is 0 Å². The zero-order valence-electron chi connectivity index (χ0n) is 10.2. The van der Waals surface area contributed by atoms with Crippen LogP contribution >= 0.6 is 0 Å². The highest BCUT2D eigenvalue weighted by Gasteiger charge is 2.21. The van der Waals surface area contributed by atoms with Gasteiger partial charge in [-0.3, -0.25) is 0 Å². The number of hydrogen-bond donors (Lipinski definition) is 1. The third-order valence-corrected chi connectivity index (χ3v) is 3.86. The van der Waals surface area contributed by atoms with E-state index in [1.54, 1.807) is 12.1 Å². The maximum Gasteiger partial charge on any atom is 0.241 e. The molecule has 0 aliphatic heterocycles. The summed E-state index contributed by atoms with van der Waals surface area (Å²) in [5.74, 6) is 0. The number of nitrogens with one attached hydrogen (secondary N) is 1. The van der Waals surface area contributed by atoms with E-state index in [1.165, 1.54) is 0 Å². The van der Waals surface area contributed by atoms with Gasteiger partial charge in [0.15, 0.2) is 0 Å². The van der Waals surface area contributed by atoms with E-state index in [9.17, 15) is 8.42 Å². The predicted octanol–water partition coefficient (Wildman–Crippen LogP) is 2.33. The molecule has 0 aromatic heterocycles. The zero-order chi connectivity index (χ0) is 12.4. The van der Waals surface area contributed by atoms with Crippen molar-refractivity contribution in [1.82, 2.24) is 4.72 Å². The highest BCUT2D eigenvalue weighted by Crippen LogP contribution is 2.13. The smallest absolute Gasteiger partial charge is 0.207 e. The van der Waals surface area contributed by atoms with Crippen LogP contribution in [0.2, 0.25) is 0 Å². The van der Waals surface area contributed by atoms with Crippen molar-refractivity contribution in [2.24, 2.45) is 0 Å². The molecule has 0 saturated heterocycles. The van der Waals surface area contributed by atoms with Gasteiger partial charge in [-0.25, -0.2) is 13.1 Å². The molecular weight excluding hydrogens is 222 g/mol. The summed E-state index contributed by atoms with van der Waals surface area (Å²) in [6.07, 6.45) is 0.910. The molecule has 3 nitrogen and oxygen atoms in total. The molecule has 0 bridgehead atoms. The molecule has 0 atom stereocenters. The minimum absolute atomic E-state index is 0.319. The summed E-state index contributed by atoms with van der Waals surface area (Å²) in [6, 6.07) is 6.98. The van der Waals surface area contributed by atoms with Crippen molar-refractivity contribution in [1.29, 1.82) is 0 Å². The minimum atomic E-state index is -3.39. The van der Waals surface area contributed by atoms with Gasteiger partial charge in [0, 0.05) is 5.54 Å². The van der Waals surface area contributed by atoms with Crippen LogP contribution in [-0.4, -0.2) is 14.0 Å². The van der Waals surface area contributed by atoms with Crippen LogP contribution in [0, 0.1) is 0 Å². The molecule has 90 valence electrons. The number of aryl methyl sites for hydroxylation is 1. The first-order chi connectivity index (χ1) is 7.24. The number of sulfonamides is 1. The van der Waals surface area contributed by atoms with E-state index in [4.69, 9.17) is 0 Å². The molecule has 0 radical (unpaired) electrons. The van der Waals surface area contributed by atoms with E-state index in [0.717, 1.165) is 12.0 Å². The topological polar surface area (TPSA) is 46.2 Å². The zero-order valence-corrected chi connectivity index (χ0v) is 11.1. The van der Waals surface area contributed by atoms with Crippen LogP contribution in [-0.2, 0) is 16.4 Å². The number of rotatable bonds is 3. The molecule has 0 saturated carbocycles. The fourth-order valence-corrected chi connectivity index (χ4v) is 2.78. The summed E-state index contributed by atoms with van der Waals surface area (Å²) in [4.78, 5) is 0.319. The summed E-state index contributed by atoms with van der Waals surface area (Å²) >= 11 is 0. The summed E-state index contributed by atoms with van der Waals surface area (Å²) in [5, 5.41) is 0. The van der Waals surface area contributed by atoms with E-state index in [0.29, 0.717) is 4.90 Å². The first kappa shape index (κ1) is 13.2. The van der Waals surface area contributed by atoms with Crippen molar-refractivity contribution in [2.75, 3.05) is 0 Å². The van der Waals surface area contributed by atoms with Gasteiger partial charge in [-0.15, -0.1) is 0 Å². The first-order valence-electron chi connectivity index (χ1n) is 5.37. The lowest BCUT2D eigenvalue weighted by Gasteiger charge is -2.20. The Kier molecular flexibility index (Phi) is 3.76. The molecule has 1 rings (SSSR count). The standard InChI is InChI=1S/C12H19NO2S/c1-5-10-6-8-11(9-7-10)16(14,15)13-12(2,3)4/h6-9,13H,5H2,1-4H3. The van der Waals surface area contributed by atoms with Gasteiger partial charge < -0.3 is 0 Å². The maximum atomic E-state index is 11.9. The van der Waals surface area contributed by atoms with E-state index >= 15 is 0 Å². The Hall–Kier alpha value is -0.870. The average molecular weight is 241 g/mol. The van der Waals surface area contributed by atoms with E-state index in [1.807, 2.05) is 39.8 Å². The van der Waals surface area contributed by atoms with Gasteiger partial charge in [-0.05, 0) is 44.9 Å². The maximum absolute atomic E-state index is 11.9. The van der Waals surface area contributed by atoms with Crippen molar-refractivity contribution in [3.05, 3.63) is 29.8 Å². The molecule has 0 aliphatic rings. The van der Waals surface area contributed by atoms with E-state index in [-0.39, 0.29) is 0 Å². The number of benzene rings is 1. The summed E-state index contributed by atoms with van der Waals surface area (Å²) < 4.78 is 26.5. The highest BCUT2D eigenvalue weighted by atomic mass is 32.2. The molecule has 0 unspecified atom stereocenters. The average Bonchev–Trinajstić information content (AvgIpc) is 2.14. The van der Waals surface area contributed by atoms with Crippen LogP contribution in [0.4, 0.5) is 0 Å². The van der Waals surface area contributed by atoms with Gasteiger partial charge in [0.1, 0.15) is 0 Å². The van der Waals surface area contributed by atoms with Crippen molar-refractivity contribution < 1.29 is 8.42 Å². The Morgan fingerprint density at radius 1 is 1.12 bits per heavy atom. The van der Waals surface area contributed by atoms with Gasteiger partial charge in [0.05, 0.1) is 4.90 Å². The van der Waals surface area contributed by atoms with Gasteiger partial charge >= 0.3 is 0 Å². The molecule has 0 heterocycles. The summed E-state index contributed by atoms with van der Waals surface area (Å²) in [6.45, 7) is 7.51. The Bertz CT molecular complexity index is 441. The van der Waals surface area contributed by atoms with E-state index < -0.39 is 15.6 Å². The van der Waals surface area contributed by atoms with Crippen LogP contribution in [0.3, 0.4) is 0 Å². The van der Waals surface area contributed by atoms with Crippen molar-refractivity contribution in [2.45, 2.75) is 44.6 Å². The molecule has 1 aromatic carbocycles. The van der Waals surface area contributed by atoms with Crippen LogP contribution in [0.5, 0.6) is 0 Å². The van der Waals surface area contributed by atoms with Crippen LogP contribution < -0.4 is 4.72 Å². The third-order valence-electron chi connectivity index (χ3n) is 2.08. The van der Waals surface area contributed by atoms with Gasteiger partial charge in [-0.2, -0.15) is 0 Å². The summed E-state index contributed by atoms with van der Waals surface area (Å²) in [5.41, 5.74) is 0.678. The molecule has 0 amide bonds. The molecule has 4 heteroatoms. The normalized spacial score (nSPS) is 12.8. The minimum Gasteiger partial charge on any atom is -0.207 e. The molecule has 0 fully saturated rings. The molecule has 0 aliphatic carbocycles. The second-order valence-corrected chi connectivity index (χ2v) is 6.54. The monoisotopic (exact) mass is 241 g/mol. The SMILES string of the molecule is CCc1ccc(S(=O)(=O)NC(C)(C)C)cc1. The largest absolute Gasteiger partial charge is 0.241 e. The first-order valence-corrected chi connectivity index (χ1v) is 6.86. The van der Waals surface area contributed by atoms with E-state index in [2.05, 4.69) is 4.72 Å². The second-order valence-electron chi connectivity index (χ2n) is 4.85. The van der Waals surface area contributed by atoms with Gasteiger partial charge in [0.25, 0.3) is 0 Å². The lowest BCUT2D eigenvalue weighted by molar-refractivity contribution is 0.491. The van der Waals surface area contributed by atoms with Crippen LogP contribution in [0.25, 0.3) is 0 Å².